The van der Waals surface area contributed by atoms with Crippen molar-refractivity contribution in [1.29, 1.82) is 0 Å². The van der Waals surface area contributed by atoms with E-state index in [1.54, 1.807) is 0 Å². The lowest BCUT2D eigenvalue weighted by molar-refractivity contribution is -0.0614. The van der Waals surface area contributed by atoms with Crippen LogP contribution in [0.2, 0.25) is 5.28 Å². The predicted molar refractivity (Wildman–Crippen MR) is 79.7 cm³/mol. The van der Waals surface area contributed by atoms with Crippen molar-refractivity contribution >= 4 is 17.5 Å². The van der Waals surface area contributed by atoms with Crippen molar-refractivity contribution < 1.29 is 9.84 Å². The molecule has 6 nitrogen and oxygen atoms in total. The van der Waals surface area contributed by atoms with E-state index in [9.17, 15) is 5.11 Å². The first-order valence-corrected chi connectivity index (χ1v) is 8.00. The third-order valence-electron chi connectivity index (χ3n) is 4.56. The summed E-state index contributed by atoms with van der Waals surface area (Å²) in [5, 5.41) is 10.9. The molecule has 1 aliphatic heterocycles. The van der Waals surface area contributed by atoms with Crippen LogP contribution in [0.4, 0.5) is 5.95 Å². The Kier molecular flexibility index (Phi) is 4.17. The van der Waals surface area contributed by atoms with E-state index in [-0.39, 0.29) is 17.2 Å². The van der Waals surface area contributed by atoms with Crippen LogP contribution in [-0.2, 0) is 0 Å². The lowest BCUT2D eigenvalue weighted by Gasteiger charge is -2.47. The Bertz CT molecular complexity index is 516. The summed E-state index contributed by atoms with van der Waals surface area (Å²) in [7, 11) is 0. The van der Waals surface area contributed by atoms with E-state index in [0.717, 1.165) is 38.8 Å². The standard InChI is InChI=1S/C14H21ClN4O2/c1-2-21-13-17-11(15)16-12(18-13)19-8-7-14(20)6-4-3-5-10(14)9-19/h10,20H,2-9H2,1H3. The zero-order valence-corrected chi connectivity index (χ0v) is 13.0. The first-order chi connectivity index (χ1) is 10.1. The normalized spacial score (nSPS) is 29.1. The lowest BCUT2D eigenvalue weighted by atomic mass is 9.71. The molecule has 0 amide bonds. The molecule has 2 heterocycles. The van der Waals surface area contributed by atoms with Gasteiger partial charge in [-0.05, 0) is 37.8 Å². The van der Waals surface area contributed by atoms with Crippen LogP contribution < -0.4 is 9.64 Å². The summed E-state index contributed by atoms with van der Waals surface area (Å²) in [5.41, 5.74) is -0.506. The number of nitrogens with zero attached hydrogens (tertiary/aromatic N) is 4. The van der Waals surface area contributed by atoms with Crippen LogP contribution in [0.3, 0.4) is 0 Å². The first-order valence-electron chi connectivity index (χ1n) is 7.62. The van der Waals surface area contributed by atoms with Gasteiger partial charge in [0, 0.05) is 19.0 Å². The van der Waals surface area contributed by atoms with Crippen LogP contribution >= 0.6 is 11.6 Å². The number of ether oxygens (including phenoxy) is 1. The van der Waals surface area contributed by atoms with Gasteiger partial charge in [0.2, 0.25) is 11.2 Å². The summed E-state index contributed by atoms with van der Waals surface area (Å²) < 4.78 is 5.32. The third-order valence-corrected chi connectivity index (χ3v) is 4.73. The van der Waals surface area contributed by atoms with E-state index in [0.29, 0.717) is 12.6 Å². The zero-order valence-electron chi connectivity index (χ0n) is 12.3. The molecule has 1 aromatic rings. The van der Waals surface area contributed by atoms with Gasteiger partial charge in [-0.25, -0.2) is 0 Å². The van der Waals surface area contributed by atoms with Crippen molar-refractivity contribution in [1.82, 2.24) is 15.0 Å². The van der Waals surface area contributed by atoms with E-state index in [4.69, 9.17) is 16.3 Å². The molecule has 2 aliphatic rings. The molecule has 0 radical (unpaired) electrons. The van der Waals surface area contributed by atoms with Crippen LogP contribution in [-0.4, -0.2) is 45.4 Å². The predicted octanol–water partition coefficient (Wildman–Crippen LogP) is 2.06. The highest BCUT2D eigenvalue weighted by atomic mass is 35.5. The second-order valence-corrected chi connectivity index (χ2v) is 6.20. The number of fused-ring (bicyclic) bond motifs is 1. The minimum atomic E-state index is -0.506. The molecule has 2 fully saturated rings. The molecular weight excluding hydrogens is 292 g/mol. The second-order valence-electron chi connectivity index (χ2n) is 5.86. The van der Waals surface area contributed by atoms with Crippen molar-refractivity contribution in [2.75, 3.05) is 24.6 Å². The van der Waals surface area contributed by atoms with Crippen LogP contribution in [0.1, 0.15) is 39.0 Å². The summed E-state index contributed by atoms with van der Waals surface area (Å²) >= 11 is 5.95. The third kappa shape index (κ3) is 3.06. The van der Waals surface area contributed by atoms with Gasteiger partial charge in [0.1, 0.15) is 0 Å². The largest absolute Gasteiger partial charge is 0.464 e. The monoisotopic (exact) mass is 312 g/mol. The van der Waals surface area contributed by atoms with E-state index in [2.05, 4.69) is 19.9 Å². The fourth-order valence-corrected chi connectivity index (χ4v) is 3.56. The van der Waals surface area contributed by atoms with Gasteiger partial charge in [-0.3, -0.25) is 0 Å². The number of hydrogen-bond acceptors (Lipinski definition) is 6. The molecule has 21 heavy (non-hydrogen) atoms. The second kappa shape index (κ2) is 5.93. The highest BCUT2D eigenvalue weighted by Gasteiger charge is 2.43. The van der Waals surface area contributed by atoms with E-state index >= 15 is 0 Å². The molecule has 1 saturated carbocycles. The average Bonchev–Trinajstić information content (AvgIpc) is 2.46. The Hall–Kier alpha value is -1.14. The molecule has 1 aliphatic carbocycles. The number of aromatic nitrogens is 3. The fraction of sp³-hybridized carbons (Fsp3) is 0.786. The molecular formula is C14H21ClN4O2. The molecule has 2 atom stereocenters. The first kappa shape index (κ1) is 14.8. The Balaban J connectivity index is 1.78. The summed E-state index contributed by atoms with van der Waals surface area (Å²) in [6, 6.07) is 0.261. The van der Waals surface area contributed by atoms with Crippen LogP contribution in [0.15, 0.2) is 0 Å². The summed E-state index contributed by atoms with van der Waals surface area (Å²) in [4.78, 5) is 14.6. The summed E-state index contributed by atoms with van der Waals surface area (Å²) in [6.07, 6.45) is 5.03. The Morgan fingerprint density at radius 2 is 2.19 bits per heavy atom. The SMILES string of the molecule is CCOc1nc(Cl)nc(N2CCC3(O)CCCCC3C2)n1. The zero-order chi connectivity index (χ0) is 14.9. The molecule has 1 saturated heterocycles. The van der Waals surface area contributed by atoms with Crippen molar-refractivity contribution in [3.63, 3.8) is 0 Å². The molecule has 1 N–H and O–H groups in total. The average molecular weight is 313 g/mol. The highest BCUT2D eigenvalue weighted by Crippen LogP contribution is 2.40. The molecule has 7 heteroatoms. The number of halogens is 1. The Labute approximate surface area is 129 Å². The van der Waals surface area contributed by atoms with Crippen LogP contribution in [0, 0.1) is 5.92 Å². The Morgan fingerprint density at radius 1 is 1.33 bits per heavy atom. The van der Waals surface area contributed by atoms with Gasteiger partial charge < -0.3 is 14.7 Å². The van der Waals surface area contributed by atoms with Gasteiger partial charge in [-0.2, -0.15) is 15.0 Å². The molecule has 0 spiro atoms. The minimum absolute atomic E-state index is 0.146. The quantitative estimate of drug-likeness (QED) is 0.921. The van der Waals surface area contributed by atoms with Gasteiger partial charge in [-0.15, -0.1) is 0 Å². The topological polar surface area (TPSA) is 71.4 Å². The summed E-state index contributed by atoms with van der Waals surface area (Å²) in [5.74, 6) is 0.831. The van der Waals surface area contributed by atoms with E-state index in [1.165, 1.54) is 6.42 Å². The van der Waals surface area contributed by atoms with Gasteiger partial charge in [0.25, 0.3) is 0 Å². The summed E-state index contributed by atoms with van der Waals surface area (Å²) in [6.45, 7) is 3.86. The number of hydrogen-bond donors (Lipinski definition) is 1. The van der Waals surface area contributed by atoms with Gasteiger partial charge >= 0.3 is 6.01 Å². The van der Waals surface area contributed by atoms with E-state index in [1.807, 2.05) is 6.92 Å². The van der Waals surface area contributed by atoms with Crippen molar-refractivity contribution in [2.24, 2.45) is 5.92 Å². The molecule has 2 unspecified atom stereocenters. The van der Waals surface area contributed by atoms with Gasteiger partial charge in [0.15, 0.2) is 0 Å². The molecule has 0 aromatic carbocycles. The number of aliphatic hydroxyl groups is 1. The lowest BCUT2D eigenvalue weighted by Crippen LogP contribution is -2.53. The number of anilines is 1. The smallest absolute Gasteiger partial charge is 0.322 e. The van der Waals surface area contributed by atoms with Crippen molar-refractivity contribution in [2.45, 2.75) is 44.6 Å². The van der Waals surface area contributed by atoms with Crippen molar-refractivity contribution in [3.05, 3.63) is 5.28 Å². The van der Waals surface area contributed by atoms with Crippen LogP contribution in [0.5, 0.6) is 6.01 Å². The minimum Gasteiger partial charge on any atom is -0.464 e. The maximum Gasteiger partial charge on any atom is 0.322 e. The maximum atomic E-state index is 10.7. The van der Waals surface area contributed by atoms with Crippen molar-refractivity contribution in [3.8, 4) is 6.01 Å². The number of piperidine rings is 1. The molecule has 3 rings (SSSR count). The molecule has 1 aromatic heterocycles. The van der Waals surface area contributed by atoms with E-state index < -0.39 is 5.60 Å². The maximum absolute atomic E-state index is 10.7. The highest BCUT2D eigenvalue weighted by molar-refractivity contribution is 6.28. The molecule has 116 valence electrons. The van der Waals surface area contributed by atoms with Crippen LogP contribution in [0.25, 0.3) is 0 Å². The fourth-order valence-electron chi connectivity index (χ4n) is 3.41. The van der Waals surface area contributed by atoms with Gasteiger partial charge in [0.05, 0.1) is 12.2 Å². The number of rotatable bonds is 3. The Morgan fingerprint density at radius 3 is 3.00 bits per heavy atom. The molecule has 0 bridgehead atoms. The van der Waals surface area contributed by atoms with Gasteiger partial charge in [-0.1, -0.05) is 12.8 Å².